The molecule has 1 N–H and O–H groups in total. The van der Waals surface area contributed by atoms with E-state index >= 15 is 0 Å². The van der Waals surface area contributed by atoms with E-state index in [1.807, 2.05) is 0 Å². The number of hydrazone groups is 1. The predicted molar refractivity (Wildman–Crippen MR) is 74.8 cm³/mol. The number of benzene rings is 1. The van der Waals surface area contributed by atoms with Crippen LogP contribution in [0.2, 0.25) is 10.0 Å². The van der Waals surface area contributed by atoms with E-state index in [-0.39, 0.29) is 5.76 Å². The molecule has 0 spiro atoms. The highest BCUT2D eigenvalue weighted by Gasteiger charge is 2.09. The maximum atomic E-state index is 11.6. The summed E-state index contributed by atoms with van der Waals surface area (Å²) in [6.07, 6.45) is 1.42. The number of halogens is 2. The third-order valence-corrected chi connectivity index (χ3v) is 2.95. The Morgan fingerprint density at radius 2 is 2.11 bits per heavy atom. The lowest BCUT2D eigenvalue weighted by Gasteiger charge is -2.04. The number of furan rings is 1. The minimum Gasteiger partial charge on any atom is -0.459 e. The molecule has 0 aliphatic rings. The highest BCUT2D eigenvalue weighted by Crippen LogP contribution is 2.21. The van der Waals surface area contributed by atoms with Crippen LogP contribution in [-0.2, 0) is 0 Å². The van der Waals surface area contributed by atoms with E-state index in [9.17, 15) is 4.79 Å². The van der Waals surface area contributed by atoms with Crippen LogP contribution in [0.15, 0.2) is 46.1 Å². The normalized spacial score (nSPS) is 11.4. The molecule has 1 aromatic carbocycles. The second-order valence-corrected chi connectivity index (χ2v) is 4.58. The summed E-state index contributed by atoms with van der Waals surface area (Å²) in [5, 5.41) is 5.03. The Kier molecular flexibility index (Phi) is 4.24. The Bertz CT molecular complexity index is 622. The van der Waals surface area contributed by atoms with Crippen molar-refractivity contribution in [2.75, 3.05) is 0 Å². The van der Waals surface area contributed by atoms with Gasteiger partial charge in [-0.3, -0.25) is 4.79 Å². The molecule has 0 saturated heterocycles. The van der Waals surface area contributed by atoms with Gasteiger partial charge in [-0.15, -0.1) is 0 Å². The van der Waals surface area contributed by atoms with E-state index in [0.717, 1.165) is 0 Å². The molecule has 19 heavy (non-hydrogen) atoms. The van der Waals surface area contributed by atoms with Crippen molar-refractivity contribution in [2.24, 2.45) is 5.10 Å². The quantitative estimate of drug-likeness (QED) is 0.693. The number of amides is 1. The van der Waals surface area contributed by atoms with Gasteiger partial charge < -0.3 is 4.42 Å². The SMILES string of the molecule is C/C(=N/NC(=O)c1ccco1)c1cc(Cl)ccc1Cl. The van der Waals surface area contributed by atoms with Crippen LogP contribution in [0.25, 0.3) is 0 Å². The first kappa shape index (κ1) is 13.6. The molecule has 1 aromatic heterocycles. The summed E-state index contributed by atoms with van der Waals surface area (Å²) in [7, 11) is 0. The molecule has 2 rings (SSSR count). The van der Waals surface area contributed by atoms with E-state index in [0.29, 0.717) is 21.3 Å². The molecule has 4 nitrogen and oxygen atoms in total. The summed E-state index contributed by atoms with van der Waals surface area (Å²) >= 11 is 11.9. The van der Waals surface area contributed by atoms with E-state index in [2.05, 4.69) is 10.5 Å². The van der Waals surface area contributed by atoms with Gasteiger partial charge in [0.1, 0.15) is 0 Å². The lowest BCUT2D eigenvalue weighted by molar-refractivity contribution is 0.0927. The number of carbonyl (C=O) groups excluding carboxylic acids is 1. The van der Waals surface area contributed by atoms with Crippen molar-refractivity contribution in [2.45, 2.75) is 6.92 Å². The first-order chi connectivity index (χ1) is 9.08. The minimum absolute atomic E-state index is 0.189. The van der Waals surface area contributed by atoms with Crippen LogP contribution >= 0.6 is 23.2 Å². The molecule has 0 fully saturated rings. The fraction of sp³-hybridized carbons (Fsp3) is 0.0769. The second-order valence-electron chi connectivity index (χ2n) is 3.74. The van der Waals surface area contributed by atoms with E-state index in [1.54, 1.807) is 37.3 Å². The molecule has 6 heteroatoms. The molecule has 0 unspecified atom stereocenters. The lowest BCUT2D eigenvalue weighted by Crippen LogP contribution is -2.18. The molecule has 0 bridgehead atoms. The van der Waals surface area contributed by atoms with Crippen LogP contribution in [0.5, 0.6) is 0 Å². The van der Waals surface area contributed by atoms with Gasteiger partial charge in [-0.2, -0.15) is 5.10 Å². The lowest BCUT2D eigenvalue weighted by atomic mass is 10.1. The van der Waals surface area contributed by atoms with Gasteiger partial charge in [0.25, 0.3) is 0 Å². The first-order valence-corrected chi connectivity index (χ1v) is 6.17. The van der Waals surface area contributed by atoms with Crippen LogP contribution in [-0.4, -0.2) is 11.6 Å². The molecule has 0 radical (unpaired) electrons. The summed E-state index contributed by atoms with van der Waals surface area (Å²) in [6.45, 7) is 1.72. The van der Waals surface area contributed by atoms with E-state index < -0.39 is 5.91 Å². The van der Waals surface area contributed by atoms with Crippen molar-refractivity contribution in [3.8, 4) is 0 Å². The first-order valence-electron chi connectivity index (χ1n) is 5.41. The average Bonchev–Trinajstić information content (AvgIpc) is 2.92. The molecule has 98 valence electrons. The van der Waals surface area contributed by atoms with Crippen molar-refractivity contribution in [1.82, 2.24) is 5.43 Å². The van der Waals surface area contributed by atoms with Crippen molar-refractivity contribution >= 4 is 34.8 Å². The third kappa shape index (κ3) is 3.36. The molecule has 2 aromatic rings. The molecule has 0 saturated carbocycles. The Morgan fingerprint density at radius 1 is 1.32 bits per heavy atom. The fourth-order valence-corrected chi connectivity index (χ4v) is 1.86. The smallest absolute Gasteiger partial charge is 0.307 e. The summed E-state index contributed by atoms with van der Waals surface area (Å²) in [6, 6.07) is 8.21. The average molecular weight is 297 g/mol. The zero-order valence-electron chi connectivity index (χ0n) is 9.98. The minimum atomic E-state index is -0.428. The zero-order valence-corrected chi connectivity index (χ0v) is 11.5. The number of hydrogen-bond donors (Lipinski definition) is 1. The second kappa shape index (κ2) is 5.91. The van der Waals surface area contributed by atoms with E-state index in [1.165, 1.54) is 6.26 Å². The highest BCUT2D eigenvalue weighted by molar-refractivity contribution is 6.36. The van der Waals surface area contributed by atoms with Gasteiger partial charge in [0.2, 0.25) is 0 Å². The van der Waals surface area contributed by atoms with Gasteiger partial charge >= 0.3 is 5.91 Å². The van der Waals surface area contributed by atoms with Crippen molar-refractivity contribution in [3.63, 3.8) is 0 Å². The molecular weight excluding hydrogens is 287 g/mol. The standard InChI is InChI=1S/C13H10Cl2N2O2/c1-8(10-7-9(14)4-5-11(10)15)16-17-13(18)12-3-2-6-19-12/h2-7H,1H3,(H,17,18)/b16-8-. The topological polar surface area (TPSA) is 54.6 Å². The van der Waals surface area contributed by atoms with E-state index in [4.69, 9.17) is 27.6 Å². The van der Waals surface area contributed by atoms with Gasteiger partial charge in [-0.05, 0) is 37.3 Å². The number of nitrogens with zero attached hydrogens (tertiary/aromatic N) is 1. The summed E-state index contributed by atoms with van der Waals surface area (Å²) in [4.78, 5) is 11.6. The van der Waals surface area contributed by atoms with Crippen LogP contribution in [0, 0.1) is 0 Å². The number of nitrogens with one attached hydrogen (secondary N) is 1. The third-order valence-electron chi connectivity index (χ3n) is 2.39. The Hall–Kier alpha value is -1.78. The maximum Gasteiger partial charge on any atom is 0.307 e. The van der Waals surface area contributed by atoms with Crippen LogP contribution in [0.1, 0.15) is 23.0 Å². The monoisotopic (exact) mass is 296 g/mol. The molecule has 0 atom stereocenters. The Morgan fingerprint density at radius 3 is 2.79 bits per heavy atom. The Labute approximate surface area is 120 Å². The Balaban J connectivity index is 2.15. The number of carbonyl (C=O) groups is 1. The zero-order chi connectivity index (χ0) is 13.8. The van der Waals surface area contributed by atoms with Crippen molar-refractivity contribution in [3.05, 3.63) is 58.0 Å². The van der Waals surface area contributed by atoms with Gasteiger partial charge in [0, 0.05) is 15.6 Å². The molecule has 0 aliphatic heterocycles. The van der Waals surface area contributed by atoms with Crippen molar-refractivity contribution in [1.29, 1.82) is 0 Å². The van der Waals surface area contributed by atoms with Gasteiger partial charge in [0.15, 0.2) is 5.76 Å². The summed E-state index contributed by atoms with van der Waals surface area (Å²) in [5.41, 5.74) is 3.59. The van der Waals surface area contributed by atoms with Gasteiger partial charge in [-0.25, -0.2) is 5.43 Å². The number of rotatable bonds is 3. The molecular formula is C13H10Cl2N2O2. The van der Waals surface area contributed by atoms with Gasteiger partial charge in [0.05, 0.1) is 12.0 Å². The maximum absolute atomic E-state index is 11.6. The number of hydrogen-bond acceptors (Lipinski definition) is 3. The van der Waals surface area contributed by atoms with Crippen LogP contribution in [0.3, 0.4) is 0 Å². The van der Waals surface area contributed by atoms with Crippen LogP contribution in [0.4, 0.5) is 0 Å². The largest absolute Gasteiger partial charge is 0.459 e. The van der Waals surface area contributed by atoms with Gasteiger partial charge in [-0.1, -0.05) is 23.2 Å². The van der Waals surface area contributed by atoms with Crippen molar-refractivity contribution < 1.29 is 9.21 Å². The highest BCUT2D eigenvalue weighted by atomic mass is 35.5. The fourth-order valence-electron chi connectivity index (χ4n) is 1.43. The van der Waals surface area contributed by atoms with Crippen LogP contribution < -0.4 is 5.43 Å². The summed E-state index contributed by atoms with van der Waals surface area (Å²) < 4.78 is 4.95. The molecule has 1 amide bonds. The molecule has 0 aliphatic carbocycles. The summed E-state index contributed by atoms with van der Waals surface area (Å²) in [5.74, 6) is -0.240. The molecule has 1 heterocycles. The predicted octanol–water partition coefficient (Wildman–Crippen LogP) is 3.74.